The van der Waals surface area contributed by atoms with Gasteiger partial charge in [0.05, 0.1) is 0 Å². The number of carbonyl (C=O) groups excluding carboxylic acids is 2. The molecule has 0 radical (unpaired) electrons. The molecule has 2 nitrogen and oxygen atoms in total. The zero-order valence-electron chi connectivity index (χ0n) is 19.1. The van der Waals surface area contributed by atoms with Crippen molar-refractivity contribution < 1.29 is 9.59 Å². The minimum absolute atomic E-state index is 0.0187. The molecule has 4 aromatic carbocycles. The number of rotatable bonds is 6. The molecular weight excluding hydrogens is 452 g/mol. The fraction of sp³-hybridized carbons (Fsp3) is 0.0625. The van der Waals surface area contributed by atoms with Crippen molar-refractivity contribution in [3.8, 4) is 0 Å². The normalized spacial score (nSPS) is 14.5. The van der Waals surface area contributed by atoms with Gasteiger partial charge in [-0.3, -0.25) is 9.59 Å². The largest absolute Gasteiger partial charge is 0.294 e. The summed E-state index contributed by atoms with van der Waals surface area (Å²) in [6.45, 7) is 0. The maximum Gasteiger partial charge on any atom is 0.190 e. The van der Waals surface area contributed by atoms with E-state index in [-0.39, 0.29) is 18.0 Å². The van der Waals surface area contributed by atoms with E-state index >= 15 is 0 Å². The van der Waals surface area contributed by atoms with E-state index in [1.807, 2.05) is 115 Å². The number of hydrogen-bond donors (Lipinski definition) is 0. The van der Waals surface area contributed by atoms with Crippen LogP contribution in [-0.4, -0.2) is 11.6 Å². The lowest BCUT2D eigenvalue weighted by Gasteiger charge is -2.13. The van der Waals surface area contributed by atoms with Crippen LogP contribution in [0.1, 0.15) is 43.8 Å². The van der Waals surface area contributed by atoms with Crippen molar-refractivity contribution in [2.24, 2.45) is 0 Å². The number of halogens is 1. The van der Waals surface area contributed by atoms with Gasteiger partial charge in [0.15, 0.2) is 11.6 Å². The fourth-order valence-electron chi connectivity index (χ4n) is 4.48. The lowest BCUT2D eigenvalue weighted by molar-refractivity contribution is 0.0997. The summed E-state index contributed by atoms with van der Waals surface area (Å²) in [7, 11) is 0. The van der Waals surface area contributed by atoms with Gasteiger partial charge in [-0.25, -0.2) is 0 Å². The molecule has 170 valence electrons. The van der Waals surface area contributed by atoms with Crippen LogP contribution in [-0.2, 0) is 6.42 Å². The van der Waals surface area contributed by atoms with Crippen LogP contribution in [0.3, 0.4) is 0 Å². The van der Waals surface area contributed by atoms with Crippen LogP contribution < -0.4 is 0 Å². The predicted molar refractivity (Wildman–Crippen MR) is 143 cm³/mol. The predicted octanol–water partition coefficient (Wildman–Crippen LogP) is 7.89. The average molecular weight is 475 g/mol. The number of Topliss-reactive ketones (excluding diaryl/α,β-unsaturated/α-hetero) is 2. The maximum atomic E-state index is 13.4. The number of allylic oxidation sites excluding steroid dienone is 4. The van der Waals surface area contributed by atoms with Gasteiger partial charge in [-0.1, -0.05) is 109 Å². The molecule has 35 heavy (non-hydrogen) atoms. The molecule has 1 aliphatic carbocycles. The Balaban J connectivity index is 1.66. The minimum atomic E-state index is 0.0187. The van der Waals surface area contributed by atoms with E-state index in [9.17, 15) is 9.59 Å². The van der Waals surface area contributed by atoms with Crippen LogP contribution in [0.4, 0.5) is 0 Å². The Hall–Kier alpha value is -4.01. The Kier molecular flexibility index (Phi) is 6.56. The zero-order chi connectivity index (χ0) is 24.2. The van der Waals surface area contributed by atoms with Crippen molar-refractivity contribution in [3.63, 3.8) is 0 Å². The van der Waals surface area contributed by atoms with E-state index in [1.54, 1.807) is 0 Å². The molecule has 0 aliphatic heterocycles. The van der Waals surface area contributed by atoms with Gasteiger partial charge in [0.1, 0.15) is 0 Å². The van der Waals surface area contributed by atoms with Gasteiger partial charge >= 0.3 is 0 Å². The summed E-state index contributed by atoms with van der Waals surface area (Å²) in [5.74, 6) is 0.0609. The minimum Gasteiger partial charge on any atom is -0.294 e. The van der Waals surface area contributed by atoms with Crippen LogP contribution in [0.15, 0.2) is 121 Å². The molecule has 0 saturated heterocycles. The highest BCUT2D eigenvalue weighted by molar-refractivity contribution is 6.30. The van der Waals surface area contributed by atoms with Crippen molar-refractivity contribution in [1.29, 1.82) is 0 Å². The van der Waals surface area contributed by atoms with Gasteiger partial charge in [-0.15, -0.1) is 0 Å². The van der Waals surface area contributed by atoms with E-state index in [0.29, 0.717) is 17.0 Å². The highest BCUT2D eigenvalue weighted by Gasteiger charge is 2.27. The first-order chi connectivity index (χ1) is 17.1. The number of benzene rings is 4. The quantitative estimate of drug-likeness (QED) is 0.210. The second-order valence-electron chi connectivity index (χ2n) is 8.56. The molecule has 3 heteroatoms. The Morgan fingerprint density at radius 3 is 1.97 bits per heavy atom. The van der Waals surface area contributed by atoms with Crippen molar-refractivity contribution >= 4 is 34.3 Å². The summed E-state index contributed by atoms with van der Waals surface area (Å²) in [6, 6.07) is 34.4. The van der Waals surface area contributed by atoms with Crippen molar-refractivity contribution in [1.82, 2.24) is 0 Å². The van der Waals surface area contributed by atoms with Gasteiger partial charge in [-0.05, 0) is 46.0 Å². The number of fused-ring (bicyclic) bond motifs is 1. The number of ketones is 2. The first-order valence-electron chi connectivity index (χ1n) is 11.6. The first-order valence-corrected chi connectivity index (χ1v) is 11.9. The average Bonchev–Trinajstić information content (AvgIpc) is 3.24. The summed E-state index contributed by atoms with van der Waals surface area (Å²) in [6.07, 6.45) is 2.78. The molecule has 0 N–H and O–H groups in total. The van der Waals surface area contributed by atoms with Crippen molar-refractivity contribution in [3.05, 3.63) is 154 Å². The van der Waals surface area contributed by atoms with Crippen LogP contribution in [0, 0.1) is 0 Å². The van der Waals surface area contributed by atoms with Crippen molar-refractivity contribution in [2.75, 3.05) is 0 Å². The second kappa shape index (κ2) is 10.1. The molecule has 0 aromatic heterocycles. The number of hydrogen-bond acceptors (Lipinski definition) is 2. The Bertz CT molecular complexity index is 1450. The highest BCUT2D eigenvalue weighted by Crippen LogP contribution is 2.35. The van der Waals surface area contributed by atoms with Gasteiger partial charge in [0, 0.05) is 34.6 Å². The Morgan fingerprint density at radius 2 is 1.31 bits per heavy atom. The summed E-state index contributed by atoms with van der Waals surface area (Å²) in [4.78, 5) is 26.7. The monoisotopic (exact) mass is 474 g/mol. The third kappa shape index (κ3) is 4.94. The lowest BCUT2D eigenvalue weighted by Crippen LogP contribution is -2.03. The smallest absolute Gasteiger partial charge is 0.190 e. The molecular formula is C32H23ClO2. The van der Waals surface area contributed by atoms with Crippen LogP contribution in [0.5, 0.6) is 0 Å². The van der Waals surface area contributed by atoms with Gasteiger partial charge in [0.25, 0.3) is 0 Å². The van der Waals surface area contributed by atoms with E-state index in [2.05, 4.69) is 0 Å². The van der Waals surface area contributed by atoms with Gasteiger partial charge < -0.3 is 0 Å². The lowest BCUT2D eigenvalue weighted by atomic mass is 9.90. The molecule has 4 aromatic rings. The summed E-state index contributed by atoms with van der Waals surface area (Å²) >= 11 is 6.15. The van der Waals surface area contributed by atoms with Crippen LogP contribution in [0.25, 0.3) is 11.1 Å². The van der Waals surface area contributed by atoms with Crippen LogP contribution >= 0.6 is 11.6 Å². The summed E-state index contributed by atoms with van der Waals surface area (Å²) < 4.78 is 0. The third-order valence-corrected chi connectivity index (χ3v) is 6.55. The van der Waals surface area contributed by atoms with E-state index < -0.39 is 0 Å². The Labute approximate surface area is 210 Å². The Morgan fingerprint density at radius 1 is 0.714 bits per heavy atom. The second-order valence-corrected chi connectivity index (χ2v) is 9.00. The highest BCUT2D eigenvalue weighted by atomic mass is 35.5. The van der Waals surface area contributed by atoms with Gasteiger partial charge in [0.2, 0.25) is 0 Å². The van der Waals surface area contributed by atoms with E-state index in [0.717, 1.165) is 39.0 Å². The van der Waals surface area contributed by atoms with Gasteiger partial charge in [-0.2, -0.15) is 0 Å². The van der Waals surface area contributed by atoms with Crippen LogP contribution in [0.2, 0.25) is 5.02 Å². The molecule has 0 heterocycles. The molecule has 1 aliphatic rings. The molecule has 0 bridgehead atoms. The molecule has 0 spiro atoms. The zero-order valence-corrected chi connectivity index (χ0v) is 19.8. The third-order valence-electron chi connectivity index (χ3n) is 6.29. The molecule has 0 saturated carbocycles. The fourth-order valence-corrected chi connectivity index (χ4v) is 4.61. The summed E-state index contributed by atoms with van der Waals surface area (Å²) in [5.41, 5.74) is 6.71. The summed E-state index contributed by atoms with van der Waals surface area (Å²) in [5, 5.41) is 0.630. The van der Waals surface area contributed by atoms with E-state index in [4.69, 9.17) is 11.6 Å². The topological polar surface area (TPSA) is 34.1 Å². The first kappa shape index (κ1) is 22.8. The van der Waals surface area contributed by atoms with Crippen molar-refractivity contribution in [2.45, 2.75) is 12.8 Å². The standard InChI is InChI=1S/C32H23ClO2/c33-27-17-15-22(16-18-27)26(21-31(34)24-11-5-2-6-12-24)20-29(23-9-3-1-4-10-23)30-19-25-13-7-8-14-28(25)32(30)35/h1-18,20H,19,21H2/b26-20+,30-29+. The van der Waals surface area contributed by atoms with E-state index in [1.165, 1.54) is 0 Å². The molecule has 0 unspecified atom stereocenters. The molecule has 0 atom stereocenters. The molecule has 0 amide bonds. The molecule has 0 fully saturated rings. The number of carbonyl (C=O) groups is 2. The SMILES string of the molecule is O=C(C/C(=C\C(=C1\Cc2ccccc2C1=O)c1ccccc1)c1ccc(Cl)cc1)c1ccccc1. The molecule has 5 rings (SSSR count). The maximum absolute atomic E-state index is 13.4.